The number of furan rings is 1. The number of carbonyl (C=O) groups excluding carboxylic acids is 1. The van der Waals surface area contributed by atoms with Gasteiger partial charge in [0.05, 0.1) is 30.8 Å². The maximum Gasteiger partial charge on any atom is 0.293 e. The van der Waals surface area contributed by atoms with Gasteiger partial charge in [-0.2, -0.15) is 0 Å². The predicted molar refractivity (Wildman–Crippen MR) is 136 cm³/mol. The van der Waals surface area contributed by atoms with Crippen molar-refractivity contribution in [2.75, 3.05) is 43.6 Å². The SMILES string of the molecule is COc1cc(NC(=S)NC(=O)c2ccc(N3CCOCC3)c([N+](=O)[O-])c2)ccc1-c1ccc(CO)o1. The van der Waals surface area contributed by atoms with Crippen molar-refractivity contribution in [2.24, 2.45) is 0 Å². The first-order chi connectivity index (χ1) is 17.4. The first-order valence-electron chi connectivity index (χ1n) is 11.0. The van der Waals surface area contributed by atoms with Gasteiger partial charge in [0, 0.05) is 36.5 Å². The second-order valence-corrected chi connectivity index (χ2v) is 8.22. The molecular weight excluding hydrogens is 488 g/mol. The summed E-state index contributed by atoms with van der Waals surface area (Å²) in [4.78, 5) is 25.8. The number of aliphatic hydroxyl groups excluding tert-OH is 1. The number of ether oxygens (including phenoxy) is 2. The number of nitrogens with one attached hydrogen (secondary N) is 2. The Bertz CT molecular complexity index is 1290. The molecule has 0 spiro atoms. The average molecular weight is 513 g/mol. The number of aliphatic hydroxyl groups is 1. The molecule has 3 aromatic rings. The van der Waals surface area contributed by atoms with E-state index in [4.69, 9.17) is 26.1 Å². The van der Waals surface area contributed by atoms with Gasteiger partial charge in [-0.15, -0.1) is 0 Å². The van der Waals surface area contributed by atoms with E-state index in [1.165, 1.54) is 19.2 Å². The molecule has 12 heteroatoms. The predicted octanol–water partition coefficient (Wildman–Crippen LogP) is 3.32. The van der Waals surface area contributed by atoms with Crippen LogP contribution in [0.5, 0.6) is 5.75 Å². The minimum Gasteiger partial charge on any atom is -0.496 e. The lowest BCUT2D eigenvalue weighted by atomic mass is 10.1. The van der Waals surface area contributed by atoms with Crippen LogP contribution in [0.2, 0.25) is 0 Å². The first kappa shape index (κ1) is 25.1. The molecule has 2 heterocycles. The number of hydrogen-bond acceptors (Lipinski definition) is 9. The molecule has 11 nitrogen and oxygen atoms in total. The molecule has 0 atom stereocenters. The summed E-state index contributed by atoms with van der Waals surface area (Å²) in [5, 5.41) is 26.3. The maximum absolute atomic E-state index is 12.7. The smallest absolute Gasteiger partial charge is 0.293 e. The molecule has 188 valence electrons. The summed E-state index contributed by atoms with van der Waals surface area (Å²) in [6.45, 7) is 1.82. The largest absolute Gasteiger partial charge is 0.496 e. The lowest BCUT2D eigenvalue weighted by Crippen LogP contribution is -2.37. The molecule has 1 fully saturated rings. The van der Waals surface area contributed by atoms with Crippen LogP contribution in [-0.2, 0) is 11.3 Å². The molecule has 0 unspecified atom stereocenters. The molecule has 0 radical (unpaired) electrons. The fourth-order valence-electron chi connectivity index (χ4n) is 3.80. The van der Waals surface area contributed by atoms with E-state index in [2.05, 4.69) is 10.6 Å². The number of benzene rings is 2. The Kier molecular flexibility index (Phi) is 7.78. The van der Waals surface area contributed by atoms with Gasteiger partial charge in [0.2, 0.25) is 0 Å². The van der Waals surface area contributed by atoms with Crippen molar-refractivity contribution in [3.63, 3.8) is 0 Å². The third-order valence-electron chi connectivity index (χ3n) is 5.56. The normalized spacial score (nSPS) is 13.2. The van der Waals surface area contributed by atoms with Crippen LogP contribution < -0.4 is 20.3 Å². The Balaban J connectivity index is 1.45. The van der Waals surface area contributed by atoms with Gasteiger partial charge in [0.15, 0.2) is 5.11 Å². The summed E-state index contributed by atoms with van der Waals surface area (Å²) in [6.07, 6.45) is 0. The Hall–Kier alpha value is -4.00. The molecule has 36 heavy (non-hydrogen) atoms. The molecule has 1 aromatic heterocycles. The van der Waals surface area contributed by atoms with Crippen molar-refractivity contribution < 1.29 is 28.7 Å². The lowest BCUT2D eigenvalue weighted by Gasteiger charge is -2.28. The molecule has 0 aliphatic carbocycles. The highest BCUT2D eigenvalue weighted by atomic mass is 32.1. The quantitative estimate of drug-likeness (QED) is 0.245. The second kappa shape index (κ2) is 11.2. The van der Waals surface area contributed by atoms with Crippen molar-refractivity contribution in [1.82, 2.24) is 5.32 Å². The van der Waals surface area contributed by atoms with Gasteiger partial charge >= 0.3 is 0 Å². The van der Waals surface area contributed by atoms with Crippen LogP contribution in [0.15, 0.2) is 52.9 Å². The third-order valence-corrected chi connectivity index (χ3v) is 5.76. The van der Waals surface area contributed by atoms with Gasteiger partial charge in [-0.1, -0.05) is 0 Å². The molecule has 1 aliphatic heterocycles. The number of nitrogens with zero attached hydrogens (tertiary/aromatic N) is 2. The van der Waals surface area contributed by atoms with Crippen molar-refractivity contribution in [1.29, 1.82) is 0 Å². The highest BCUT2D eigenvalue weighted by Gasteiger charge is 2.23. The van der Waals surface area contributed by atoms with Gasteiger partial charge in [-0.05, 0) is 48.6 Å². The Morgan fingerprint density at radius 1 is 1.19 bits per heavy atom. The monoisotopic (exact) mass is 512 g/mol. The van der Waals surface area contributed by atoms with E-state index >= 15 is 0 Å². The summed E-state index contributed by atoms with van der Waals surface area (Å²) in [5.74, 6) is 0.860. The number of morpholine rings is 1. The highest BCUT2D eigenvalue weighted by Crippen LogP contribution is 2.34. The average Bonchev–Trinajstić information content (AvgIpc) is 3.37. The number of methoxy groups -OCH3 is 1. The Morgan fingerprint density at radius 2 is 1.97 bits per heavy atom. The van der Waals surface area contributed by atoms with E-state index in [0.29, 0.717) is 60.5 Å². The molecule has 3 N–H and O–H groups in total. The second-order valence-electron chi connectivity index (χ2n) is 7.81. The maximum atomic E-state index is 12.7. The van der Waals surface area contributed by atoms with E-state index in [1.54, 1.807) is 36.4 Å². The standard InChI is InChI=1S/C24H24N4O7S/c1-33-22-13-16(3-5-18(22)21-7-4-17(14-29)35-21)25-24(36)26-23(30)15-2-6-19(20(12-15)28(31)32)27-8-10-34-11-9-27/h2-7,12-13,29H,8-11,14H2,1H3,(H2,25,26,30,36). The number of nitro benzene ring substituents is 1. The molecule has 0 saturated carbocycles. The highest BCUT2D eigenvalue weighted by molar-refractivity contribution is 7.80. The number of nitro groups is 1. The van der Waals surface area contributed by atoms with Crippen LogP contribution in [0.3, 0.4) is 0 Å². The summed E-state index contributed by atoms with van der Waals surface area (Å²) in [7, 11) is 1.51. The fraction of sp³-hybridized carbons (Fsp3) is 0.250. The summed E-state index contributed by atoms with van der Waals surface area (Å²) in [5.41, 5.74) is 1.60. The minimum atomic E-state index is -0.583. The van der Waals surface area contributed by atoms with E-state index in [-0.39, 0.29) is 23.0 Å². The van der Waals surface area contributed by atoms with Crippen molar-refractivity contribution >= 4 is 40.3 Å². The molecule has 0 bridgehead atoms. The minimum absolute atomic E-state index is 0.00952. The van der Waals surface area contributed by atoms with Crippen molar-refractivity contribution in [3.8, 4) is 17.1 Å². The molecule has 4 rings (SSSR count). The van der Waals surface area contributed by atoms with Crippen LogP contribution >= 0.6 is 12.2 Å². The summed E-state index contributed by atoms with van der Waals surface area (Å²) < 4.78 is 16.3. The van der Waals surface area contributed by atoms with Crippen LogP contribution in [0, 0.1) is 10.1 Å². The van der Waals surface area contributed by atoms with E-state index < -0.39 is 10.8 Å². The van der Waals surface area contributed by atoms with E-state index in [0.717, 1.165) is 0 Å². The lowest BCUT2D eigenvalue weighted by molar-refractivity contribution is -0.384. The van der Waals surface area contributed by atoms with Crippen LogP contribution in [-0.4, -0.2) is 54.5 Å². The van der Waals surface area contributed by atoms with Crippen LogP contribution in [0.25, 0.3) is 11.3 Å². The van der Waals surface area contributed by atoms with Crippen molar-refractivity contribution in [2.45, 2.75) is 6.61 Å². The Morgan fingerprint density at radius 3 is 2.64 bits per heavy atom. The molecule has 1 amide bonds. The van der Waals surface area contributed by atoms with Gasteiger partial charge in [-0.3, -0.25) is 20.2 Å². The number of thiocarbonyl (C=S) groups is 1. The van der Waals surface area contributed by atoms with Crippen molar-refractivity contribution in [3.05, 3.63) is 70.0 Å². The molecule has 1 aliphatic rings. The summed E-state index contributed by atoms with van der Waals surface area (Å²) >= 11 is 5.26. The number of rotatable bonds is 7. The zero-order valence-corrected chi connectivity index (χ0v) is 20.2. The fourth-order valence-corrected chi connectivity index (χ4v) is 4.01. The summed E-state index contributed by atoms with van der Waals surface area (Å²) in [6, 6.07) is 12.9. The van der Waals surface area contributed by atoms with Gasteiger partial charge in [-0.25, -0.2) is 0 Å². The van der Waals surface area contributed by atoms with Crippen LogP contribution in [0.1, 0.15) is 16.1 Å². The molecular formula is C24H24N4O7S. The van der Waals surface area contributed by atoms with Crippen LogP contribution in [0.4, 0.5) is 17.1 Å². The topological polar surface area (TPSA) is 139 Å². The van der Waals surface area contributed by atoms with E-state index in [9.17, 15) is 20.0 Å². The third kappa shape index (κ3) is 5.62. The number of hydrogen-bond donors (Lipinski definition) is 3. The molecule has 2 aromatic carbocycles. The zero-order valence-electron chi connectivity index (χ0n) is 19.4. The molecule has 1 saturated heterocycles. The number of carbonyl (C=O) groups is 1. The first-order valence-corrected chi connectivity index (χ1v) is 11.4. The van der Waals surface area contributed by atoms with E-state index in [1.807, 2.05) is 4.90 Å². The Labute approximate surface area is 211 Å². The van der Waals surface area contributed by atoms with Gasteiger partial charge in [0.25, 0.3) is 11.6 Å². The van der Waals surface area contributed by atoms with Gasteiger partial charge in [0.1, 0.15) is 29.6 Å². The number of anilines is 2. The number of amides is 1. The zero-order chi connectivity index (χ0) is 25.7. The van der Waals surface area contributed by atoms with Gasteiger partial charge < -0.3 is 29.2 Å².